The first-order valence-corrected chi connectivity index (χ1v) is 5.26. The van der Waals surface area contributed by atoms with Gasteiger partial charge in [-0.25, -0.2) is 0 Å². The fourth-order valence-corrected chi connectivity index (χ4v) is 1.11. The normalized spacial score (nSPS) is 10.8. The number of nitrogens with zero attached hydrogens (tertiary/aromatic N) is 3. The Kier molecular flexibility index (Phi) is 4.42. The van der Waals surface area contributed by atoms with Crippen LogP contribution >= 0.6 is 0 Å². The van der Waals surface area contributed by atoms with Crippen LogP contribution in [0.2, 0.25) is 0 Å². The quantitative estimate of drug-likeness (QED) is 0.783. The van der Waals surface area contributed by atoms with Crippen molar-refractivity contribution in [2.45, 2.75) is 33.4 Å². The van der Waals surface area contributed by atoms with E-state index >= 15 is 0 Å². The van der Waals surface area contributed by atoms with E-state index in [2.05, 4.69) is 15.5 Å². The van der Waals surface area contributed by atoms with E-state index in [9.17, 15) is 4.79 Å². The molecular formula is C10H18N4O2. The van der Waals surface area contributed by atoms with Crippen LogP contribution in [0.5, 0.6) is 0 Å². The number of aromatic nitrogens is 2. The molecule has 1 N–H and O–H groups in total. The smallest absolute Gasteiger partial charge is 0.236 e. The highest BCUT2D eigenvalue weighted by Gasteiger charge is 2.11. The summed E-state index contributed by atoms with van der Waals surface area (Å²) in [6.45, 7) is 6.40. The minimum atomic E-state index is 0.0511. The summed E-state index contributed by atoms with van der Waals surface area (Å²) in [4.78, 5) is 17.3. The first-order chi connectivity index (χ1) is 7.50. The van der Waals surface area contributed by atoms with Crippen molar-refractivity contribution in [1.82, 2.24) is 20.4 Å². The summed E-state index contributed by atoms with van der Waals surface area (Å²) in [6, 6.07) is 0.210. The van der Waals surface area contributed by atoms with Crippen LogP contribution in [-0.4, -0.2) is 40.6 Å². The van der Waals surface area contributed by atoms with Crippen LogP contribution in [0.1, 0.15) is 25.6 Å². The Hall–Kier alpha value is -1.43. The van der Waals surface area contributed by atoms with E-state index in [-0.39, 0.29) is 18.5 Å². The number of hydrogen-bond donors (Lipinski definition) is 1. The lowest BCUT2D eigenvalue weighted by molar-refractivity contribution is -0.130. The van der Waals surface area contributed by atoms with Crippen LogP contribution in [0.25, 0.3) is 0 Å². The molecule has 0 spiro atoms. The first kappa shape index (κ1) is 12.6. The molecule has 6 heteroatoms. The average Bonchev–Trinajstić information content (AvgIpc) is 2.62. The van der Waals surface area contributed by atoms with Gasteiger partial charge in [0.05, 0.1) is 13.1 Å². The van der Waals surface area contributed by atoms with Crippen LogP contribution in [0.15, 0.2) is 4.52 Å². The van der Waals surface area contributed by atoms with Gasteiger partial charge in [0, 0.05) is 20.0 Å². The van der Waals surface area contributed by atoms with E-state index in [0.717, 1.165) is 0 Å². The molecule has 0 aliphatic heterocycles. The highest BCUT2D eigenvalue weighted by Crippen LogP contribution is 1.95. The Balaban J connectivity index is 2.28. The number of carbonyl (C=O) groups excluding carboxylic acids is 1. The zero-order valence-corrected chi connectivity index (χ0v) is 10.1. The minimum Gasteiger partial charge on any atom is -0.342 e. The molecule has 16 heavy (non-hydrogen) atoms. The summed E-state index contributed by atoms with van der Waals surface area (Å²) in [5.41, 5.74) is 0. The number of carbonyl (C=O) groups is 1. The van der Waals surface area contributed by atoms with Gasteiger partial charge in [-0.3, -0.25) is 4.79 Å². The Morgan fingerprint density at radius 2 is 2.25 bits per heavy atom. The summed E-state index contributed by atoms with van der Waals surface area (Å²) in [5.74, 6) is 1.15. The van der Waals surface area contributed by atoms with Crippen molar-refractivity contribution in [2.75, 3.05) is 13.6 Å². The topological polar surface area (TPSA) is 71.3 Å². The molecule has 0 saturated carbocycles. The summed E-state index contributed by atoms with van der Waals surface area (Å²) >= 11 is 0. The van der Waals surface area contributed by atoms with Crippen LogP contribution in [0, 0.1) is 6.92 Å². The minimum absolute atomic E-state index is 0.0511. The van der Waals surface area contributed by atoms with Gasteiger partial charge in [0.1, 0.15) is 0 Å². The zero-order valence-electron chi connectivity index (χ0n) is 10.1. The van der Waals surface area contributed by atoms with Gasteiger partial charge >= 0.3 is 0 Å². The van der Waals surface area contributed by atoms with Crippen molar-refractivity contribution in [3.63, 3.8) is 0 Å². The Morgan fingerprint density at radius 1 is 1.56 bits per heavy atom. The second kappa shape index (κ2) is 5.60. The van der Waals surface area contributed by atoms with Gasteiger partial charge < -0.3 is 14.7 Å². The predicted molar refractivity (Wildman–Crippen MR) is 58.6 cm³/mol. The predicted octanol–water partition coefficient (Wildman–Crippen LogP) is 0.334. The van der Waals surface area contributed by atoms with E-state index < -0.39 is 0 Å². The number of aryl methyl sites for hydroxylation is 1. The zero-order chi connectivity index (χ0) is 12.1. The van der Waals surface area contributed by atoms with Gasteiger partial charge in [0.2, 0.25) is 11.8 Å². The molecule has 1 rings (SSSR count). The summed E-state index contributed by atoms with van der Waals surface area (Å²) in [7, 11) is 1.78. The van der Waals surface area contributed by atoms with Gasteiger partial charge in [-0.05, 0) is 13.8 Å². The van der Waals surface area contributed by atoms with Gasteiger partial charge in [-0.15, -0.1) is 0 Å². The van der Waals surface area contributed by atoms with Crippen LogP contribution in [-0.2, 0) is 11.3 Å². The molecule has 1 heterocycles. The van der Waals surface area contributed by atoms with E-state index in [1.165, 1.54) is 0 Å². The third-order valence-electron chi connectivity index (χ3n) is 2.30. The number of nitrogens with one attached hydrogen (secondary N) is 1. The average molecular weight is 226 g/mol. The Bertz CT molecular complexity index is 348. The van der Waals surface area contributed by atoms with E-state index in [1.807, 2.05) is 13.8 Å². The van der Waals surface area contributed by atoms with Gasteiger partial charge in [-0.1, -0.05) is 5.16 Å². The standard InChI is InChI=1S/C10H18N4O2/c1-7(2)14(4)10(15)6-11-5-9-12-8(3)16-13-9/h7,11H,5-6H2,1-4H3. The maximum Gasteiger partial charge on any atom is 0.236 e. The molecule has 0 atom stereocenters. The van der Waals surface area contributed by atoms with Crippen molar-refractivity contribution in [1.29, 1.82) is 0 Å². The molecule has 0 aliphatic rings. The largest absolute Gasteiger partial charge is 0.342 e. The van der Waals surface area contributed by atoms with Gasteiger partial charge in [-0.2, -0.15) is 4.98 Å². The lowest BCUT2D eigenvalue weighted by Gasteiger charge is -2.21. The first-order valence-electron chi connectivity index (χ1n) is 5.26. The van der Waals surface area contributed by atoms with E-state index in [0.29, 0.717) is 18.3 Å². The van der Waals surface area contributed by atoms with Crippen molar-refractivity contribution in [3.8, 4) is 0 Å². The fourth-order valence-electron chi connectivity index (χ4n) is 1.11. The lowest BCUT2D eigenvalue weighted by atomic mass is 10.3. The molecule has 1 aromatic rings. The van der Waals surface area contributed by atoms with Gasteiger partial charge in [0.15, 0.2) is 5.82 Å². The molecule has 0 saturated heterocycles. The third-order valence-corrected chi connectivity index (χ3v) is 2.30. The number of rotatable bonds is 5. The van der Waals surface area contributed by atoms with Gasteiger partial charge in [0.25, 0.3) is 0 Å². The molecule has 0 aromatic carbocycles. The fraction of sp³-hybridized carbons (Fsp3) is 0.700. The van der Waals surface area contributed by atoms with Crippen LogP contribution in [0.3, 0.4) is 0 Å². The molecule has 0 unspecified atom stereocenters. The van der Waals surface area contributed by atoms with Crippen molar-refractivity contribution >= 4 is 5.91 Å². The lowest BCUT2D eigenvalue weighted by Crippen LogP contribution is -2.39. The molecule has 0 fully saturated rings. The van der Waals surface area contributed by atoms with E-state index in [4.69, 9.17) is 4.52 Å². The highest BCUT2D eigenvalue weighted by molar-refractivity contribution is 5.78. The second-order valence-corrected chi connectivity index (χ2v) is 3.93. The number of hydrogen-bond acceptors (Lipinski definition) is 5. The SMILES string of the molecule is Cc1nc(CNCC(=O)N(C)C(C)C)no1. The van der Waals surface area contributed by atoms with Crippen molar-refractivity contribution in [3.05, 3.63) is 11.7 Å². The second-order valence-electron chi connectivity index (χ2n) is 3.93. The number of amides is 1. The molecular weight excluding hydrogens is 208 g/mol. The third kappa shape index (κ3) is 3.62. The molecule has 0 aliphatic carbocycles. The van der Waals surface area contributed by atoms with E-state index in [1.54, 1.807) is 18.9 Å². The molecule has 0 bridgehead atoms. The Morgan fingerprint density at radius 3 is 2.75 bits per heavy atom. The molecule has 6 nitrogen and oxygen atoms in total. The molecule has 90 valence electrons. The summed E-state index contributed by atoms with van der Waals surface area (Å²) < 4.78 is 4.81. The summed E-state index contributed by atoms with van der Waals surface area (Å²) in [5, 5.41) is 6.69. The van der Waals surface area contributed by atoms with Crippen molar-refractivity contribution in [2.24, 2.45) is 0 Å². The monoisotopic (exact) mass is 226 g/mol. The van der Waals surface area contributed by atoms with Crippen LogP contribution in [0.4, 0.5) is 0 Å². The van der Waals surface area contributed by atoms with Crippen LogP contribution < -0.4 is 5.32 Å². The van der Waals surface area contributed by atoms with Crippen molar-refractivity contribution < 1.29 is 9.32 Å². The Labute approximate surface area is 95.0 Å². The maximum atomic E-state index is 11.6. The number of likely N-dealkylation sites (N-methyl/N-ethyl adjacent to an activating group) is 1. The highest BCUT2D eigenvalue weighted by atomic mass is 16.5. The molecule has 0 radical (unpaired) electrons. The summed E-state index contributed by atoms with van der Waals surface area (Å²) in [6.07, 6.45) is 0. The maximum absolute atomic E-state index is 11.6. The molecule has 1 aromatic heterocycles. The molecule has 1 amide bonds.